The number of esters is 1. The monoisotopic (exact) mass is 489 g/mol. The molecule has 1 amide bonds. The van der Waals surface area contributed by atoms with Crippen LogP contribution in [0.25, 0.3) is 11.3 Å². The van der Waals surface area contributed by atoms with Gasteiger partial charge in [-0.3, -0.25) is 4.79 Å². The molecular formula is C31H27N3O3. The van der Waals surface area contributed by atoms with Gasteiger partial charge in [0.15, 0.2) is 0 Å². The van der Waals surface area contributed by atoms with E-state index in [1.165, 1.54) is 0 Å². The standard InChI is InChI=1S/C31H27N3O3/c1-2-37-31(36)23-15-18-26-27(19-23)34-30(35)28(26)29(22-9-5-3-6-10-22)33-25-16-13-21(14-17-25)20-32-24-11-7-4-8-12-24/h3-19,32-33H,2,20H2,1H3,(H,34,35)/b29-28-. The molecule has 6 nitrogen and oxygen atoms in total. The molecule has 0 atom stereocenters. The molecule has 0 saturated heterocycles. The van der Waals surface area contributed by atoms with Crippen LogP contribution in [0.1, 0.15) is 34.0 Å². The molecule has 4 aromatic rings. The number of hydrogen-bond donors (Lipinski definition) is 3. The Bertz CT molecular complexity index is 1450. The summed E-state index contributed by atoms with van der Waals surface area (Å²) < 4.78 is 5.11. The summed E-state index contributed by atoms with van der Waals surface area (Å²) in [5, 5.41) is 9.80. The summed E-state index contributed by atoms with van der Waals surface area (Å²) >= 11 is 0. The molecule has 0 bridgehead atoms. The number of benzene rings is 4. The third-order valence-corrected chi connectivity index (χ3v) is 6.08. The van der Waals surface area contributed by atoms with Crippen molar-refractivity contribution in [1.82, 2.24) is 0 Å². The first-order chi connectivity index (χ1) is 18.1. The van der Waals surface area contributed by atoms with E-state index in [1.807, 2.05) is 72.8 Å². The van der Waals surface area contributed by atoms with Crippen LogP contribution in [0.2, 0.25) is 0 Å². The number of carbonyl (C=O) groups excluding carboxylic acids is 2. The van der Waals surface area contributed by atoms with Crippen molar-refractivity contribution in [2.75, 3.05) is 22.6 Å². The quantitative estimate of drug-likeness (QED) is 0.197. The van der Waals surface area contributed by atoms with Crippen molar-refractivity contribution in [1.29, 1.82) is 0 Å². The summed E-state index contributed by atoms with van der Waals surface area (Å²) in [7, 11) is 0. The van der Waals surface area contributed by atoms with Crippen molar-refractivity contribution in [3.05, 3.63) is 125 Å². The van der Waals surface area contributed by atoms with E-state index in [2.05, 4.69) is 28.1 Å². The highest BCUT2D eigenvalue weighted by molar-refractivity contribution is 6.37. The van der Waals surface area contributed by atoms with E-state index in [4.69, 9.17) is 4.74 Å². The summed E-state index contributed by atoms with van der Waals surface area (Å²) in [6.07, 6.45) is 0. The van der Waals surface area contributed by atoms with Crippen LogP contribution in [-0.2, 0) is 16.1 Å². The lowest BCUT2D eigenvalue weighted by molar-refractivity contribution is -0.110. The molecule has 5 rings (SSSR count). The molecule has 0 fully saturated rings. The van der Waals surface area contributed by atoms with Crippen LogP contribution in [0.3, 0.4) is 0 Å². The summed E-state index contributed by atoms with van der Waals surface area (Å²) in [6.45, 7) is 2.75. The minimum Gasteiger partial charge on any atom is -0.462 e. The summed E-state index contributed by atoms with van der Waals surface area (Å²) in [4.78, 5) is 25.4. The highest BCUT2D eigenvalue weighted by Gasteiger charge is 2.29. The molecule has 0 aromatic heterocycles. The van der Waals surface area contributed by atoms with Gasteiger partial charge in [-0.1, -0.05) is 66.7 Å². The van der Waals surface area contributed by atoms with E-state index in [1.54, 1.807) is 25.1 Å². The van der Waals surface area contributed by atoms with Crippen LogP contribution < -0.4 is 16.0 Å². The molecule has 6 heteroatoms. The van der Waals surface area contributed by atoms with Gasteiger partial charge in [0.05, 0.1) is 29.1 Å². The first-order valence-corrected chi connectivity index (χ1v) is 12.2. The van der Waals surface area contributed by atoms with Gasteiger partial charge in [-0.05, 0) is 54.4 Å². The minimum atomic E-state index is -0.416. The Morgan fingerprint density at radius 1 is 0.811 bits per heavy atom. The Kier molecular flexibility index (Phi) is 6.99. The first-order valence-electron chi connectivity index (χ1n) is 12.2. The molecule has 0 spiro atoms. The van der Waals surface area contributed by atoms with E-state index in [-0.39, 0.29) is 12.5 Å². The second-order valence-corrected chi connectivity index (χ2v) is 8.59. The van der Waals surface area contributed by atoms with Crippen LogP contribution in [-0.4, -0.2) is 18.5 Å². The molecule has 1 heterocycles. The molecule has 0 radical (unpaired) electrons. The second-order valence-electron chi connectivity index (χ2n) is 8.59. The van der Waals surface area contributed by atoms with Crippen molar-refractivity contribution in [2.45, 2.75) is 13.5 Å². The molecule has 0 saturated carbocycles. The lowest BCUT2D eigenvalue weighted by atomic mass is 9.99. The molecule has 0 aliphatic carbocycles. The first kappa shape index (κ1) is 23.9. The molecular weight excluding hydrogens is 462 g/mol. The molecule has 1 aliphatic heterocycles. The van der Waals surface area contributed by atoms with Crippen molar-refractivity contribution in [3.8, 4) is 0 Å². The van der Waals surface area contributed by atoms with E-state index in [9.17, 15) is 9.59 Å². The summed E-state index contributed by atoms with van der Waals surface area (Å²) in [6, 6.07) is 33.1. The van der Waals surface area contributed by atoms with E-state index in [0.29, 0.717) is 29.1 Å². The number of rotatable bonds is 8. The summed E-state index contributed by atoms with van der Waals surface area (Å²) in [5.74, 6) is -0.647. The van der Waals surface area contributed by atoms with Gasteiger partial charge in [0.25, 0.3) is 5.91 Å². The van der Waals surface area contributed by atoms with Crippen LogP contribution >= 0.6 is 0 Å². The predicted octanol–water partition coefficient (Wildman–Crippen LogP) is 6.41. The Morgan fingerprint density at radius 2 is 1.51 bits per heavy atom. The van der Waals surface area contributed by atoms with Gasteiger partial charge in [-0.25, -0.2) is 4.79 Å². The van der Waals surface area contributed by atoms with Crippen LogP contribution in [0.4, 0.5) is 17.1 Å². The normalized spacial score (nSPS) is 13.4. The fourth-order valence-electron chi connectivity index (χ4n) is 4.26. The second kappa shape index (κ2) is 10.8. The Morgan fingerprint density at radius 3 is 2.22 bits per heavy atom. The lowest BCUT2D eigenvalue weighted by Crippen LogP contribution is -2.10. The number of nitrogens with one attached hydrogen (secondary N) is 3. The molecule has 184 valence electrons. The van der Waals surface area contributed by atoms with Crippen LogP contribution in [0.15, 0.2) is 103 Å². The third kappa shape index (κ3) is 5.38. The van der Waals surface area contributed by atoms with Crippen molar-refractivity contribution < 1.29 is 14.3 Å². The van der Waals surface area contributed by atoms with E-state index in [0.717, 1.165) is 28.1 Å². The molecule has 4 aromatic carbocycles. The SMILES string of the molecule is CCOC(=O)c1ccc2c(c1)NC(=O)/C2=C(\Nc1ccc(CNc2ccccc2)cc1)c1ccccc1. The van der Waals surface area contributed by atoms with Gasteiger partial charge in [-0.2, -0.15) is 0 Å². The lowest BCUT2D eigenvalue weighted by Gasteiger charge is -2.15. The number of fused-ring (bicyclic) bond motifs is 1. The van der Waals surface area contributed by atoms with E-state index < -0.39 is 5.97 Å². The molecule has 37 heavy (non-hydrogen) atoms. The number of ether oxygens (including phenoxy) is 1. The van der Waals surface area contributed by atoms with Crippen LogP contribution in [0.5, 0.6) is 0 Å². The Labute approximate surface area is 216 Å². The van der Waals surface area contributed by atoms with Crippen molar-refractivity contribution in [2.24, 2.45) is 0 Å². The van der Waals surface area contributed by atoms with Gasteiger partial charge >= 0.3 is 5.97 Å². The molecule has 1 aliphatic rings. The van der Waals surface area contributed by atoms with Crippen molar-refractivity contribution in [3.63, 3.8) is 0 Å². The molecule has 3 N–H and O–H groups in total. The zero-order valence-electron chi connectivity index (χ0n) is 20.5. The average Bonchev–Trinajstić information content (AvgIpc) is 3.27. The predicted molar refractivity (Wildman–Crippen MR) is 148 cm³/mol. The van der Waals surface area contributed by atoms with E-state index >= 15 is 0 Å². The maximum atomic E-state index is 13.2. The minimum absolute atomic E-state index is 0.231. The number of para-hydroxylation sites is 1. The zero-order chi connectivity index (χ0) is 25.6. The number of hydrogen-bond acceptors (Lipinski definition) is 5. The topological polar surface area (TPSA) is 79.5 Å². The number of amides is 1. The van der Waals surface area contributed by atoms with Crippen molar-refractivity contribution >= 4 is 40.2 Å². The average molecular weight is 490 g/mol. The molecule has 0 unspecified atom stereocenters. The Hall–Kier alpha value is -4.84. The Balaban J connectivity index is 1.45. The highest BCUT2D eigenvalue weighted by atomic mass is 16.5. The van der Waals surface area contributed by atoms with Gasteiger partial charge in [-0.15, -0.1) is 0 Å². The smallest absolute Gasteiger partial charge is 0.338 e. The van der Waals surface area contributed by atoms with Gasteiger partial charge in [0, 0.05) is 23.5 Å². The highest BCUT2D eigenvalue weighted by Crippen LogP contribution is 2.38. The fraction of sp³-hybridized carbons (Fsp3) is 0.0968. The number of anilines is 3. The van der Waals surface area contributed by atoms with Gasteiger partial charge < -0.3 is 20.7 Å². The van der Waals surface area contributed by atoms with Gasteiger partial charge in [0.1, 0.15) is 0 Å². The summed E-state index contributed by atoms with van der Waals surface area (Å²) in [5.41, 5.74) is 6.87. The number of carbonyl (C=O) groups is 2. The largest absolute Gasteiger partial charge is 0.462 e. The maximum absolute atomic E-state index is 13.2. The van der Waals surface area contributed by atoms with Crippen LogP contribution in [0, 0.1) is 0 Å². The fourth-order valence-corrected chi connectivity index (χ4v) is 4.26. The maximum Gasteiger partial charge on any atom is 0.338 e. The third-order valence-electron chi connectivity index (χ3n) is 6.08. The van der Waals surface area contributed by atoms with Gasteiger partial charge in [0.2, 0.25) is 0 Å². The zero-order valence-corrected chi connectivity index (χ0v) is 20.5.